The molecule has 8 heteroatoms. The van der Waals surface area contributed by atoms with Crippen molar-refractivity contribution in [1.29, 1.82) is 0 Å². The van der Waals surface area contributed by atoms with E-state index in [9.17, 15) is 19.5 Å². The van der Waals surface area contributed by atoms with E-state index in [2.05, 4.69) is 10.2 Å². The minimum Gasteiger partial charge on any atom is -0.389 e. The molecule has 0 aliphatic carbocycles. The lowest BCUT2D eigenvalue weighted by Gasteiger charge is -2.39. The van der Waals surface area contributed by atoms with Crippen LogP contribution in [0.15, 0.2) is 18.2 Å². The number of piperidine rings is 2. The van der Waals surface area contributed by atoms with Crippen LogP contribution in [0.4, 0.5) is 0 Å². The standard InChI is InChI=1S/C21H28N4O4/c22-9-8-21(29)7-2-10-24(13-21)11-14-3-1-4-15-16(14)12-25(20(15)28)17-5-6-18(26)23-19(17)27/h1,3-4,17,29H,2,5-13,22H2,(H,23,26,27). The third-order valence-corrected chi connectivity index (χ3v) is 6.32. The van der Waals surface area contributed by atoms with Gasteiger partial charge >= 0.3 is 0 Å². The highest BCUT2D eigenvalue weighted by atomic mass is 16.3. The number of nitrogens with one attached hydrogen (secondary N) is 1. The highest BCUT2D eigenvalue weighted by Crippen LogP contribution is 2.32. The molecule has 1 aromatic rings. The van der Waals surface area contributed by atoms with Gasteiger partial charge in [0.05, 0.1) is 5.60 Å². The van der Waals surface area contributed by atoms with E-state index in [0.29, 0.717) is 44.6 Å². The van der Waals surface area contributed by atoms with Crippen LogP contribution in [-0.4, -0.2) is 63.9 Å². The fourth-order valence-electron chi connectivity index (χ4n) is 4.85. The van der Waals surface area contributed by atoms with Crippen molar-refractivity contribution < 1.29 is 19.5 Å². The topological polar surface area (TPSA) is 116 Å². The second kappa shape index (κ2) is 7.85. The summed E-state index contributed by atoms with van der Waals surface area (Å²) < 4.78 is 0. The third-order valence-electron chi connectivity index (χ3n) is 6.32. The van der Waals surface area contributed by atoms with Crippen LogP contribution >= 0.6 is 0 Å². The summed E-state index contributed by atoms with van der Waals surface area (Å²) in [7, 11) is 0. The lowest BCUT2D eigenvalue weighted by atomic mass is 9.89. The molecule has 0 saturated carbocycles. The van der Waals surface area contributed by atoms with Gasteiger partial charge in [-0.1, -0.05) is 12.1 Å². The lowest BCUT2D eigenvalue weighted by molar-refractivity contribution is -0.136. The van der Waals surface area contributed by atoms with E-state index >= 15 is 0 Å². The van der Waals surface area contributed by atoms with E-state index in [4.69, 9.17) is 5.73 Å². The summed E-state index contributed by atoms with van der Waals surface area (Å²) in [5, 5.41) is 13.1. The number of nitrogens with zero attached hydrogens (tertiary/aromatic N) is 2. The molecule has 1 aromatic carbocycles. The molecule has 0 spiro atoms. The maximum atomic E-state index is 12.9. The summed E-state index contributed by atoms with van der Waals surface area (Å²) in [5.41, 5.74) is 7.52. The molecule has 0 radical (unpaired) electrons. The zero-order valence-electron chi connectivity index (χ0n) is 16.5. The molecule has 3 amide bonds. The molecular weight excluding hydrogens is 372 g/mol. The van der Waals surface area contributed by atoms with Crippen LogP contribution in [0.1, 0.15) is 53.6 Å². The predicted octanol–water partition coefficient (Wildman–Crippen LogP) is 0.123. The Labute approximate surface area is 170 Å². The van der Waals surface area contributed by atoms with Gasteiger partial charge in [-0.2, -0.15) is 0 Å². The number of imide groups is 1. The summed E-state index contributed by atoms with van der Waals surface area (Å²) in [4.78, 5) is 40.4. The van der Waals surface area contributed by atoms with Crippen LogP contribution in [-0.2, 0) is 22.7 Å². The molecule has 156 valence electrons. The number of aliphatic hydroxyl groups is 1. The van der Waals surface area contributed by atoms with Gasteiger partial charge < -0.3 is 15.7 Å². The number of carbonyl (C=O) groups excluding carboxylic acids is 3. The van der Waals surface area contributed by atoms with Gasteiger partial charge in [0.1, 0.15) is 6.04 Å². The van der Waals surface area contributed by atoms with Crippen molar-refractivity contribution in [2.24, 2.45) is 5.73 Å². The van der Waals surface area contributed by atoms with Gasteiger partial charge in [-0.3, -0.25) is 24.6 Å². The normalized spacial score (nSPS) is 27.9. The number of hydrogen-bond donors (Lipinski definition) is 3. The second-order valence-corrected chi connectivity index (χ2v) is 8.42. The number of carbonyl (C=O) groups is 3. The molecule has 3 aliphatic heterocycles. The molecule has 2 fully saturated rings. The molecule has 0 aromatic heterocycles. The first-order valence-electron chi connectivity index (χ1n) is 10.3. The first-order chi connectivity index (χ1) is 13.9. The van der Waals surface area contributed by atoms with Gasteiger partial charge in [-0.15, -0.1) is 0 Å². The van der Waals surface area contributed by atoms with Crippen molar-refractivity contribution in [2.45, 2.75) is 56.8 Å². The van der Waals surface area contributed by atoms with E-state index in [1.165, 1.54) is 0 Å². The van der Waals surface area contributed by atoms with E-state index in [1.807, 2.05) is 12.1 Å². The average molecular weight is 400 g/mol. The number of β-amino-alcohol motifs (C(OH)–C–C–N with tert-alkyl or cyclic N) is 1. The summed E-state index contributed by atoms with van der Waals surface area (Å²) >= 11 is 0. The van der Waals surface area contributed by atoms with Crippen LogP contribution in [0.25, 0.3) is 0 Å². The Balaban J connectivity index is 1.51. The Morgan fingerprint density at radius 1 is 1.28 bits per heavy atom. The van der Waals surface area contributed by atoms with Gasteiger partial charge in [-0.05, 0) is 56.0 Å². The zero-order valence-corrected chi connectivity index (χ0v) is 16.5. The maximum absolute atomic E-state index is 12.9. The monoisotopic (exact) mass is 400 g/mol. The van der Waals surface area contributed by atoms with Crippen LogP contribution in [0, 0.1) is 0 Å². The molecular formula is C21H28N4O4. The highest BCUT2D eigenvalue weighted by molar-refractivity contribution is 6.05. The molecule has 3 aliphatic rings. The number of benzene rings is 1. The fourth-order valence-corrected chi connectivity index (χ4v) is 4.85. The lowest BCUT2D eigenvalue weighted by Crippen LogP contribution is -2.52. The Morgan fingerprint density at radius 2 is 2.10 bits per heavy atom. The predicted molar refractivity (Wildman–Crippen MR) is 106 cm³/mol. The van der Waals surface area contributed by atoms with Gasteiger partial charge in [0.15, 0.2) is 0 Å². The number of likely N-dealkylation sites (tertiary alicyclic amines) is 1. The minimum atomic E-state index is -0.750. The van der Waals surface area contributed by atoms with Crippen molar-refractivity contribution in [3.63, 3.8) is 0 Å². The molecule has 2 unspecified atom stereocenters. The van der Waals surface area contributed by atoms with E-state index in [1.54, 1.807) is 11.0 Å². The van der Waals surface area contributed by atoms with E-state index < -0.39 is 17.6 Å². The number of nitrogens with two attached hydrogens (primary N) is 1. The van der Waals surface area contributed by atoms with Gasteiger partial charge in [0.25, 0.3) is 5.91 Å². The minimum absolute atomic E-state index is 0.158. The molecule has 4 rings (SSSR count). The van der Waals surface area contributed by atoms with Crippen LogP contribution in [0.2, 0.25) is 0 Å². The number of amides is 3. The zero-order chi connectivity index (χ0) is 20.6. The number of hydrogen-bond acceptors (Lipinski definition) is 6. The second-order valence-electron chi connectivity index (χ2n) is 8.42. The molecule has 0 bridgehead atoms. The molecule has 4 N–H and O–H groups in total. The Hall–Kier alpha value is -2.29. The molecule has 3 heterocycles. The molecule has 8 nitrogen and oxygen atoms in total. The van der Waals surface area contributed by atoms with E-state index in [-0.39, 0.29) is 18.2 Å². The highest BCUT2D eigenvalue weighted by Gasteiger charge is 2.40. The van der Waals surface area contributed by atoms with Crippen LogP contribution in [0.3, 0.4) is 0 Å². The van der Waals surface area contributed by atoms with Gasteiger partial charge in [0.2, 0.25) is 11.8 Å². The SMILES string of the molecule is NCCC1(O)CCCN(Cc2cccc3c2CN(C2CCC(=O)NC2=O)C3=O)C1. The summed E-state index contributed by atoms with van der Waals surface area (Å²) in [6, 6.07) is 5.07. The first kappa shape index (κ1) is 20.0. The summed E-state index contributed by atoms with van der Waals surface area (Å²) in [6.45, 7) is 2.94. The fraction of sp³-hybridized carbons (Fsp3) is 0.571. The molecule has 2 atom stereocenters. The Morgan fingerprint density at radius 3 is 2.86 bits per heavy atom. The smallest absolute Gasteiger partial charge is 0.255 e. The molecule has 2 saturated heterocycles. The van der Waals surface area contributed by atoms with Crippen molar-refractivity contribution in [3.05, 3.63) is 34.9 Å². The van der Waals surface area contributed by atoms with Crippen LogP contribution < -0.4 is 11.1 Å². The molecule has 29 heavy (non-hydrogen) atoms. The Kier molecular flexibility index (Phi) is 5.42. The third kappa shape index (κ3) is 3.92. The van der Waals surface area contributed by atoms with Crippen molar-refractivity contribution in [2.75, 3.05) is 19.6 Å². The maximum Gasteiger partial charge on any atom is 0.255 e. The largest absolute Gasteiger partial charge is 0.389 e. The summed E-state index contributed by atoms with van der Waals surface area (Å²) in [6.07, 6.45) is 2.86. The van der Waals surface area contributed by atoms with Crippen molar-refractivity contribution >= 4 is 17.7 Å². The average Bonchev–Trinajstić information content (AvgIpc) is 3.00. The quantitative estimate of drug-likeness (QED) is 0.605. The van der Waals surface area contributed by atoms with Crippen molar-refractivity contribution in [3.8, 4) is 0 Å². The van der Waals surface area contributed by atoms with Gasteiger partial charge in [0, 0.05) is 31.6 Å². The summed E-state index contributed by atoms with van der Waals surface area (Å²) in [5.74, 6) is -0.840. The van der Waals surface area contributed by atoms with E-state index in [0.717, 1.165) is 30.5 Å². The Bertz CT molecular complexity index is 838. The first-order valence-corrected chi connectivity index (χ1v) is 10.3. The van der Waals surface area contributed by atoms with Crippen molar-refractivity contribution in [1.82, 2.24) is 15.1 Å². The number of fused-ring (bicyclic) bond motifs is 1. The number of rotatable bonds is 5. The van der Waals surface area contributed by atoms with Crippen LogP contribution in [0.5, 0.6) is 0 Å². The van der Waals surface area contributed by atoms with Gasteiger partial charge in [-0.25, -0.2) is 0 Å².